The van der Waals surface area contributed by atoms with E-state index in [0.29, 0.717) is 22.2 Å². The summed E-state index contributed by atoms with van der Waals surface area (Å²) in [5, 5.41) is 4.38. The van der Waals surface area contributed by atoms with Crippen LogP contribution in [0.25, 0.3) is 0 Å². The van der Waals surface area contributed by atoms with Crippen LogP contribution in [0.5, 0.6) is 0 Å². The highest BCUT2D eigenvalue weighted by molar-refractivity contribution is 8.00. The number of hydrogen-bond donors (Lipinski definition) is 1. The first-order valence-electron chi connectivity index (χ1n) is 9.20. The molecule has 25 heavy (non-hydrogen) atoms. The second-order valence-electron chi connectivity index (χ2n) is 7.69. The van der Waals surface area contributed by atoms with Crippen LogP contribution in [0.1, 0.15) is 37.0 Å². The number of benzene rings is 1. The summed E-state index contributed by atoms with van der Waals surface area (Å²) in [7, 11) is 2.09. The fourth-order valence-corrected chi connectivity index (χ4v) is 5.89. The fraction of sp³-hybridized carbons (Fsp3) is 0.632. The van der Waals surface area contributed by atoms with Crippen LogP contribution in [0.4, 0.5) is 5.69 Å². The van der Waals surface area contributed by atoms with Crippen molar-refractivity contribution >= 4 is 35.0 Å². The number of carbonyl (C=O) groups is 1. The molecule has 5 rings (SSSR count). The molecule has 3 unspecified atom stereocenters. The Morgan fingerprint density at radius 3 is 2.64 bits per heavy atom. The number of amides is 1. The molecule has 1 aromatic carbocycles. The highest BCUT2D eigenvalue weighted by atomic mass is 35.5. The van der Waals surface area contributed by atoms with Gasteiger partial charge in [0.05, 0.1) is 11.3 Å². The third-order valence-corrected chi connectivity index (χ3v) is 7.87. The van der Waals surface area contributed by atoms with Gasteiger partial charge in [-0.15, -0.1) is 11.8 Å². The first kappa shape index (κ1) is 17.5. The molecule has 1 N–H and O–H groups in total. The molecule has 0 aromatic heterocycles. The zero-order chi connectivity index (χ0) is 17.7. The van der Waals surface area contributed by atoms with E-state index in [-0.39, 0.29) is 11.9 Å². The van der Waals surface area contributed by atoms with E-state index in [2.05, 4.69) is 36.0 Å². The van der Waals surface area contributed by atoms with Gasteiger partial charge < -0.3 is 15.1 Å². The van der Waals surface area contributed by atoms with Gasteiger partial charge >= 0.3 is 0 Å². The van der Waals surface area contributed by atoms with Crippen LogP contribution in [-0.2, 0) is 0 Å². The van der Waals surface area contributed by atoms with Gasteiger partial charge in [0.25, 0.3) is 5.91 Å². The number of rotatable bonds is 2. The van der Waals surface area contributed by atoms with Crippen molar-refractivity contribution in [2.45, 2.75) is 48.9 Å². The predicted octanol–water partition coefficient (Wildman–Crippen LogP) is 3.48. The van der Waals surface area contributed by atoms with Crippen LogP contribution in [0, 0.1) is 5.92 Å². The average Bonchev–Trinajstić information content (AvgIpc) is 2.61. The summed E-state index contributed by atoms with van der Waals surface area (Å²) in [6.07, 6.45) is 2.40. The SMILES string of the molecule is CC1Sc2c(C(=O)NC3CN4CCC3CC4)cc(Cl)cc2N(C)C1C. The maximum absolute atomic E-state index is 13.1. The number of anilines is 1. The largest absolute Gasteiger partial charge is 0.370 e. The van der Waals surface area contributed by atoms with E-state index in [9.17, 15) is 4.79 Å². The standard InChI is InChI=1S/C19H26ClN3OS/c1-11-12(2)25-18-15(8-14(20)9-17(18)22(11)3)19(24)21-16-10-23-6-4-13(16)5-7-23/h8-9,11-13,16H,4-7,10H2,1-3H3,(H,21,24). The van der Waals surface area contributed by atoms with Crippen molar-refractivity contribution in [1.82, 2.24) is 10.2 Å². The molecule has 0 radical (unpaired) electrons. The van der Waals surface area contributed by atoms with Crippen molar-refractivity contribution in [2.75, 3.05) is 31.6 Å². The lowest BCUT2D eigenvalue weighted by atomic mass is 9.84. The number of fused-ring (bicyclic) bond motifs is 4. The zero-order valence-electron chi connectivity index (χ0n) is 15.1. The minimum atomic E-state index is 0.0279. The van der Waals surface area contributed by atoms with Crippen molar-refractivity contribution in [3.05, 3.63) is 22.7 Å². The molecule has 3 saturated heterocycles. The monoisotopic (exact) mass is 379 g/mol. The highest BCUT2D eigenvalue weighted by Gasteiger charge is 2.36. The molecule has 4 heterocycles. The molecule has 3 atom stereocenters. The number of nitrogens with one attached hydrogen (secondary N) is 1. The van der Waals surface area contributed by atoms with Crippen molar-refractivity contribution in [2.24, 2.45) is 5.92 Å². The molecular formula is C19H26ClN3OS. The van der Waals surface area contributed by atoms with Gasteiger partial charge in [-0.1, -0.05) is 18.5 Å². The van der Waals surface area contributed by atoms with Crippen LogP contribution in [0.3, 0.4) is 0 Å². The van der Waals surface area contributed by atoms with E-state index < -0.39 is 0 Å². The Morgan fingerprint density at radius 1 is 1.28 bits per heavy atom. The molecule has 4 aliphatic heterocycles. The van der Waals surface area contributed by atoms with Gasteiger partial charge in [-0.05, 0) is 50.9 Å². The predicted molar refractivity (Wildman–Crippen MR) is 105 cm³/mol. The fourth-order valence-electron chi connectivity index (χ4n) is 4.33. The number of carbonyl (C=O) groups excluding carboxylic acids is 1. The molecular weight excluding hydrogens is 354 g/mol. The molecule has 0 saturated carbocycles. The molecule has 2 bridgehead atoms. The van der Waals surface area contributed by atoms with Crippen LogP contribution in [-0.4, -0.2) is 54.8 Å². The molecule has 4 aliphatic rings. The summed E-state index contributed by atoms with van der Waals surface area (Å²) in [6.45, 7) is 7.78. The number of nitrogens with zero attached hydrogens (tertiary/aromatic N) is 2. The molecule has 3 fully saturated rings. The quantitative estimate of drug-likeness (QED) is 0.853. The molecule has 0 spiro atoms. The van der Waals surface area contributed by atoms with E-state index in [0.717, 1.165) is 22.7 Å². The second kappa shape index (κ2) is 6.67. The summed E-state index contributed by atoms with van der Waals surface area (Å²) in [5.41, 5.74) is 1.80. The van der Waals surface area contributed by atoms with Gasteiger partial charge in [0, 0.05) is 40.8 Å². The van der Waals surface area contributed by atoms with Gasteiger partial charge in [-0.3, -0.25) is 4.79 Å². The maximum Gasteiger partial charge on any atom is 0.252 e. The van der Waals surface area contributed by atoms with Crippen molar-refractivity contribution in [3.8, 4) is 0 Å². The molecule has 1 aromatic rings. The Kier molecular flexibility index (Phi) is 4.67. The van der Waals surface area contributed by atoms with Gasteiger partial charge in [-0.2, -0.15) is 0 Å². The zero-order valence-corrected chi connectivity index (χ0v) is 16.7. The van der Waals surface area contributed by atoms with Crippen LogP contribution >= 0.6 is 23.4 Å². The maximum atomic E-state index is 13.1. The highest BCUT2D eigenvalue weighted by Crippen LogP contribution is 2.44. The van der Waals surface area contributed by atoms with Crippen molar-refractivity contribution in [1.29, 1.82) is 0 Å². The number of hydrogen-bond acceptors (Lipinski definition) is 4. The summed E-state index contributed by atoms with van der Waals surface area (Å²) in [6, 6.07) is 4.50. The van der Waals surface area contributed by atoms with Crippen LogP contribution in [0.2, 0.25) is 5.02 Å². The number of thioether (sulfide) groups is 1. The summed E-state index contributed by atoms with van der Waals surface area (Å²) < 4.78 is 0. The minimum absolute atomic E-state index is 0.0279. The van der Waals surface area contributed by atoms with Crippen molar-refractivity contribution < 1.29 is 4.79 Å². The van der Waals surface area contributed by atoms with Gasteiger partial charge in [0.1, 0.15) is 0 Å². The van der Waals surface area contributed by atoms with Gasteiger partial charge in [-0.25, -0.2) is 0 Å². The number of piperidine rings is 3. The van der Waals surface area contributed by atoms with E-state index in [4.69, 9.17) is 11.6 Å². The Bertz CT molecular complexity index is 689. The summed E-state index contributed by atoms with van der Waals surface area (Å²) in [5.74, 6) is 0.651. The minimum Gasteiger partial charge on any atom is -0.370 e. The third kappa shape index (κ3) is 3.15. The Labute approximate surface area is 159 Å². The van der Waals surface area contributed by atoms with E-state index in [1.54, 1.807) is 11.8 Å². The van der Waals surface area contributed by atoms with Gasteiger partial charge in [0.15, 0.2) is 0 Å². The normalized spacial score (nSPS) is 33.9. The Hall–Kier alpha value is -0.910. The topological polar surface area (TPSA) is 35.6 Å². The van der Waals surface area contributed by atoms with E-state index in [1.807, 2.05) is 12.1 Å². The molecule has 6 heteroatoms. The van der Waals surface area contributed by atoms with Gasteiger partial charge in [0.2, 0.25) is 0 Å². The second-order valence-corrected chi connectivity index (χ2v) is 9.52. The number of halogens is 1. The lowest BCUT2D eigenvalue weighted by Gasteiger charge is -2.45. The van der Waals surface area contributed by atoms with E-state index in [1.165, 1.54) is 25.9 Å². The summed E-state index contributed by atoms with van der Waals surface area (Å²) in [4.78, 5) is 18.9. The molecule has 4 nitrogen and oxygen atoms in total. The lowest BCUT2D eigenvalue weighted by molar-refractivity contribution is 0.0619. The van der Waals surface area contributed by atoms with E-state index >= 15 is 0 Å². The first-order chi connectivity index (χ1) is 11.9. The van der Waals surface area contributed by atoms with Crippen molar-refractivity contribution in [3.63, 3.8) is 0 Å². The summed E-state index contributed by atoms with van der Waals surface area (Å²) >= 11 is 8.15. The Morgan fingerprint density at radius 2 is 2.00 bits per heavy atom. The molecule has 1 amide bonds. The Balaban J connectivity index is 1.62. The smallest absolute Gasteiger partial charge is 0.252 e. The molecule has 0 aliphatic carbocycles. The van der Waals surface area contributed by atoms with Crippen LogP contribution in [0.15, 0.2) is 17.0 Å². The van der Waals surface area contributed by atoms with Crippen LogP contribution < -0.4 is 10.2 Å². The third-order valence-electron chi connectivity index (χ3n) is 6.23. The lowest BCUT2D eigenvalue weighted by Crippen LogP contribution is -2.57. The molecule has 136 valence electrons. The first-order valence-corrected chi connectivity index (χ1v) is 10.5. The average molecular weight is 380 g/mol.